The standard InChI is InChI=1S/C26H21N3O2/c1-18-7-12-25(19(2)13-18)29-26(30)23(16-28)14-20-8-10-24(11-9-20)31-17-22-6-4-3-5-21(22)15-27/h3-14H,17H2,1-2H3,(H,29,30)/b23-14+. The Kier molecular flexibility index (Phi) is 6.83. The van der Waals surface area contributed by atoms with E-state index in [1.54, 1.807) is 30.3 Å². The van der Waals surface area contributed by atoms with Crippen molar-refractivity contribution in [2.75, 3.05) is 5.32 Å². The zero-order valence-electron chi connectivity index (χ0n) is 17.3. The summed E-state index contributed by atoms with van der Waals surface area (Å²) in [6, 6.07) is 24.2. The number of aryl methyl sites for hydroxylation is 2. The van der Waals surface area contributed by atoms with Crippen LogP contribution in [0, 0.1) is 36.5 Å². The minimum absolute atomic E-state index is 0.0107. The first-order chi connectivity index (χ1) is 15.0. The van der Waals surface area contributed by atoms with Gasteiger partial charge in [-0.05, 0) is 55.3 Å². The topological polar surface area (TPSA) is 85.9 Å². The van der Waals surface area contributed by atoms with Gasteiger partial charge in [0.25, 0.3) is 5.91 Å². The molecule has 0 spiro atoms. The lowest BCUT2D eigenvalue weighted by atomic mass is 10.1. The van der Waals surface area contributed by atoms with E-state index in [1.807, 2.05) is 56.3 Å². The van der Waals surface area contributed by atoms with Crippen LogP contribution in [0.25, 0.3) is 6.08 Å². The molecule has 0 saturated heterocycles. The highest BCUT2D eigenvalue weighted by molar-refractivity contribution is 6.09. The number of carbonyl (C=O) groups excluding carboxylic acids is 1. The smallest absolute Gasteiger partial charge is 0.266 e. The van der Waals surface area contributed by atoms with Crippen LogP contribution < -0.4 is 10.1 Å². The molecule has 5 nitrogen and oxygen atoms in total. The molecule has 0 aliphatic heterocycles. The molecule has 1 amide bonds. The summed E-state index contributed by atoms with van der Waals surface area (Å²) in [6.07, 6.45) is 1.54. The van der Waals surface area contributed by atoms with Crippen LogP contribution in [0.15, 0.2) is 72.3 Å². The predicted molar refractivity (Wildman–Crippen MR) is 120 cm³/mol. The van der Waals surface area contributed by atoms with Crippen molar-refractivity contribution in [1.82, 2.24) is 0 Å². The summed E-state index contributed by atoms with van der Waals surface area (Å²) in [5.74, 6) is 0.172. The summed E-state index contributed by atoms with van der Waals surface area (Å²) in [5.41, 5.74) is 4.82. The second-order valence-corrected chi connectivity index (χ2v) is 7.07. The number of rotatable bonds is 6. The molecular weight excluding hydrogens is 386 g/mol. The van der Waals surface area contributed by atoms with E-state index in [1.165, 1.54) is 6.08 Å². The van der Waals surface area contributed by atoms with Gasteiger partial charge >= 0.3 is 0 Å². The van der Waals surface area contributed by atoms with Crippen LogP contribution in [0.1, 0.15) is 27.8 Å². The van der Waals surface area contributed by atoms with Gasteiger partial charge in [0, 0.05) is 11.3 Å². The Labute approximate surface area is 181 Å². The number of benzene rings is 3. The van der Waals surface area contributed by atoms with Gasteiger partial charge in [-0.2, -0.15) is 10.5 Å². The molecule has 1 N–H and O–H groups in total. The van der Waals surface area contributed by atoms with E-state index in [0.717, 1.165) is 16.7 Å². The molecule has 0 aliphatic carbocycles. The highest BCUT2D eigenvalue weighted by Crippen LogP contribution is 2.19. The number of hydrogen-bond donors (Lipinski definition) is 1. The van der Waals surface area contributed by atoms with Gasteiger partial charge in [0.2, 0.25) is 0 Å². The van der Waals surface area contributed by atoms with Gasteiger partial charge in [0.15, 0.2) is 0 Å². The zero-order chi connectivity index (χ0) is 22.2. The number of ether oxygens (including phenoxy) is 1. The lowest BCUT2D eigenvalue weighted by molar-refractivity contribution is -0.112. The van der Waals surface area contributed by atoms with E-state index in [9.17, 15) is 10.1 Å². The number of nitrogens with one attached hydrogen (secondary N) is 1. The largest absolute Gasteiger partial charge is 0.489 e. The fourth-order valence-corrected chi connectivity index (χ4v) is 3.04. The molecule has 31 heavy (non-hydrogen) atoms. The summed E-state index contributed by atoms with van der Waals surface area (Å²) in [7, 11) is 0. The number of hydrogen-bond acceptors (Lipinski definition) is 4. The number of anilines is 1. The van der Waals surface area contributed by atoms with Crippen molar-refractivity contribution in [3.63, 3.8) is 0 Å². The maximum atomic E-state index is 12.5. The lowest BCUT2D eigenvalue weighted by Crippen LogP contribution is -2.14. The molecule has 0 atom stereocenters. The molecule has 0 fully saturated rings. The Bertz CT molecular complexity index is 1210. The molecule has 3 aromatic rings. The number of carbonyl (C=O) groups is 1. The predicted octanol–water partition coefficient (Wildman–Crippen LogP) is 5.30. The Morgan fingerprint density at radius 3 is 2.45 bits per heavy atom. The second-order valence-electron chi connectivity index (χ2n) is 7.07. The van der Waals surface area contributed by atoms with Crippen molar-refractivity contribution in [3.8, 4) is 17.9 Å². The number of nitrogens with zero attached hydrogens (tertiary/aromatic N) is 2. The van der Waals surface area contributed by atoms with Crippen molar-refractivity contribution in [1.29, 1.82) is 10.5 Å². The van der Waals surface area contributed by atoms with Crippen molar-refractivity contribution in [2.45, 2.75) is 20.5 Å². The fourth-order valence-electron chi connectivity index (χ4n) is 3.04. The maximum absolute atomic E-state index is 12.5. The molecule has 0 aliphatic rings. The first-order valence-corrected chi connectivity index (χ1v) is 9.71. The molecule has 0 radical (unpaired) electrons. The molecular formula is C26H21N3O2. The minimum Gasteiger partial charge on any atom is -0.489 e. The Morgan fingerprint density at radius 2 is 1.77 bits per heavy atom. The minimum atomic E-state index is -0.456. The quantitative estimate of drug-likeness (QED) is 0.444. The Morgan fingerprint density at radius 1 is 1.03 bits per heavy atom. The van der Waals surface area contributed by atoms with Crippen LogP contribution in [0.3, 0.4) is 0 Å². The SMILES string of the molecule is Cc1ccc(NC(=O)/C(C#N)=C/c2ccc(OCc3ccccc3C#N)cc2)c(C)c1. The van der Waals surface area contributed by atoms with E-state index < -0.39 is 5.91 Å². The zero-order valence-corrected chi connectivity index (χ0v) is 17.3. The first kappa shape index (κ1) is 21.4. The van der Waals surface area contributed by atoms with E-state index in [0.29, 0.717) is 22.6 Å². The molecule has 0 saturated carbocycles. The molecule has 0 bridgehead atoms. The molecule has 0 heterocycles. The molecule has 0 unspecified atom stereocenters. The van der Waals surface area contributed by atoms with Crippen molar-refractivity contribution in [3.05, 3.63) is 100 Å². The average molecular weight is 407 g/mol. The Balaban J connectivity index is 1.68. The summed E-state index contributed by atoms with van der Waals surface area (Å²) >= 11 is 0. The maximum Gasteiger partial charge on any atom is 0.266 e. The van der Waals surface area contributed by atoms with Crippen LogP contribution >= 0.6 is 0 Å². The second kappa shape index (κ2) is 9.91. The van der Waals surface area contributed by atoms with E-state index >= 15 is 0 Å². The van der Waals surface area contributed by atoms with E-state index in [2.05, 4.69) is 11.4 Å². The molecule has 3 aromatic carbocycles. The van der Waals surface area contributed by atoms with Crippen LogP contribution in [0.2, 0.25) is 0 Å². The highest BCUT2D eigenvalue weighted by Gasteiger charge is 2.11. The van der Waals surface area contributed by atoms with Crippen molar-refractivity contribution < 1.29 is 9.53 Å². The van der Waals surface area contributed by atoms with Crippen LogP contribution in [0.4, 0.5) is 5.69 Å². The number of nitriles is 2. The van der Waals surface area contributed by atoms with Gasteiger partial charge in [0.1, 0.15) is 24.0 Å². The van der Waals surface area contributed by atoms with Gasteiger partial charge in [-0.1, -0.05) is 48.0 Å². The molecule has 152 valence electrons. The van der Waals surface area contributed by atoms with Gasteiger partial charge in [-0.15, -0.1) is 0 Å². The third-order valence-corrected chi connectivity index (χ3v) is 4.72. The molecule has 3 rings (SSSR count). The summed E-state index contributed by atoms with van der Waals surface area (Å²) in [4.78, 5) is 12.5. The molecule has 5 heteroatoms. The fraction of sp³-hybridized carbons (Fsp3) is 0.115. The number of amides is 1. The van der Waals surface area contributed by atoms with Crippen LogP contribution in [-0.2, 0) is 11.4 Å². The van der Waals surface area contributed by atoms with Crippen molar-refractivity contribution in [2.24, 2.45) is 0 Å². The summed E-state index contributed by atoms with van der Waals surface area (Å²) in [5, 5.41) is 21.4. The monoisotopic (exact) mass is 407 g/mol. The van der Waals surface area contributed by atoms with E-state index in [4.69, 9.17) is 10.00 Å². The first-order valence-electron chi connectivity index (χ1n) is 9.71. The van der Waals surface area contributed by atoms with E-state index in [-0.39, 0.29) is 12.2 Å². The van der Waals surface area contributed by atoms with Gasteiger partial charge in [-0.3, -0.25) is 4.79 Å². The normalized spacial score (nSPS) is 10.6. The summed E-state index contributed by atoms with van der Waals surface area (Å²) < 4.78 is 5.75. The molecule has 0 aromatic heterocycles. The highest BCUT2D eigenvalue weighted by atomic mass is 16.5. The van der Waals surface area contributed by atoms with Crippen LogP contribution in [0.5, 0.6) is 5.75 Å². The summed E-state index contributed by atoms with van der Waals surface area (Å²) in [6.45, 7) is 4.17. The van der Waals surface area contributed by atoms with Gasteiger partial charge in [-0.25, -0.2) is 0 Å². The Hall–Kier alpha value is -4.35. The van der Waals surface area contributed by atoms with Crippen molar-refractivity contribution >= 4 is 17.7 Å². The van der Waals surface area contributed by atoms with Gasteiger partial charge in [0.05, 0.1) is 11.6 Å². The lowest BCUT2D eigenvalue weighted by Gasteiger charge is -2.09. The third-order valence-electron chi connectivity index (χ3n) is 4.72. The average Bonchev–Trinajstić information content (AvgIpc) is 2.78. The third kappa shape index (κ3) is 5.59. The van der Waals surface area contributed by atoms with Crippen LogP contribution in [-0.4, -0.2) is 5.91 Å². The van der Waals surface area contributed by atoms with Gasteiger partial charge < -0.3 is 10.1 Å².